The fraction of sp³-hybridized carbons (Fsp3) is 0.417. The van der Waals surface area contributed by atoms with Crippen molar-refractivity contribution in [2.24, 2.45) is 11.5 Å². The number of benzene rings is 1. The molecule has 0 amide bonds. The molecule has 2 unspecified atom stereocenters. The van der Waals surface area contributed by atoms with Crippen LogP contribution in [0.4, 0.5) is 0 Å². The van der Waals surface area contributed by atoms with Gasteiger partial charge in [0.1, 0.15) is 6.04 Å². The van der Waals surface area contributed by atoms with Crippen LogP contribution in [0.5, 0.6) is 0 Å². The van der Waals surface area contributed by atoms with Crippen molar-refractivity contribution in [3.63, 3.8) is 0 Å². The van der Waals surface area contributed by atoms with E-state index in [4.69, 9.17) is 16.6 Å². The van der Waals surface area contributed by atoms with Crippen LogP contribution in [0.2, 0.25) is 0 Å². The molecule has 0 bridgehead atoms. The Kier molecular flexibility index (Phi) is 4.46. The Hall–Kier alpha value is -1.39. The molecule has 4 nitrogen and oxygen atoms in total. The molecule has 16 heavy (non-hydrogen) atoms. The number of aryl methyl sites for hydroxylation is 1. The normalized spacial score (nSPS) is 14.4. The van der Waals surface area contributed by atoms with Crippen LogP contribution in [0, 0.1) is 0 Å². The minimum absolute atomic E-state index is 0.659. The molecule has 0 aromatic heterocycles. The first-order valence-electron chi connectivity index (χ1n) is 5.39. The van der Waals surface area contributed by atoms with Gasteiger partial charge in [0, 0.05) is 0 Å². The van der Waals surface area contributed by atoms with Crippen molar-refractivity contribution < 1.29 is 9.90 Å². The molecule has 0 heterocycles. The van der Waals surface area contributed by atoms with Gasteiger partial charge >= 0.3 is 5.97 Å². The van der Waals surface area contributed by atoms with Gasteiger partial charge in [-0.2, -0.15) is 0 Å². The molecule has 1 aromatic rings. The summed E-state index contributed by atoms with van der Waals surface area (Å²) in [7, 11) is 0. The third-order valence-corrected chi connectivity index (χ3v) is 2.58. The SMILES string of the molecule is CCCc1ccc(C(N)C(N)C(=O)O)cc1. The highest BCUT2D eigenvalue weighted by Gasteiger charge is 2.21. The van der Waals surface area contributed by atoms with Crippen molar-refractivity contribution in [2.45, 2.75) is 31.8 Å². The standard InChI is InChI=1S/C12H18N2O2/c1-2-3-8-4-6-9(7-5-8)10(13)11(14)12(15)16/h4-7,10-11H,2-3,13-14H2,1H3,(H,15,16). The Labute approximate surface area is 95.3 Å². The van der Waals surface area contributed by atoms with E-state index in [2.05, 4.69) is 6.92 Å². The molecule has 0 spiro atoms. The first kappa shape index (κ1) is 12.7. The van der Waals surface area contributed by atoms with E-state index in [0.29, 0.717) is 0 Å². The predicted octanol–water partition coefficient (Wildman–Crippen LogP) is 1.05. The van der Waals surface area contributed by atoms with Crippen LogP contribution < -0.4 is 11.5 Å². The summed E-state index contributed by atoms with van der Waals surface area (Å²) in [6, 6.07) is 5.91. The quantitative estimate of drug-likeness (QED) is 0.694. The molecule has 1 rings (SSSR count). The second-order valence-electron chi connectivity index (χ2n) is 3.88. The molecule has 0 radical (unpaired) electrons. The van der Waals surface area contributed by atoms with Crippen molar-refractivity contribution in [2.75, 3.05) is 0 Å². The molecule has 88 valence electrons. The fourth-order valence-corrected chi connectivity index (χ4v) is 1.56. The molecular formula is C12H18N2O2. The van der Waals surface area contributed by atoms with E-state index >= 15 is 0 Å². The van der Waals surface area contributed by atoms with Gasteiger partial charge in [-0.05, 0) is 17.5 Å². The lowest BCUT2D eigenvalue weighted by Gasteiger charge is -2.16. The lowest BCUT2D eigenvalue weighted by atomic mass is 9.99. The summed E-state index contributed by atoms with van der Waals surface area (Å²) in [6.07, 6.45) is 2.10. The predicted molar refractivity (Wildman–Crippen MR) is 63.0 cm³/mol. The van der Waals surface area contributed by atoms with Gasteiger partial charge in [0.2, 0.25) is 0 Å². The Morgan fingerprint density at radius 1 is 1.31 bits per heavy atom. The largest absolute Gasteiger partial charge is 0.480 e. The van der Waals surface area contributed by atoms with E-state index in [0.717, 1.165) is 18.4 Å². The summed E-state index contributed by atoms with van der Waals surface area (Å²) in [5, 5.41) is 8.75. The topological polar surface area (TPSA) is 89.3 Å². The summed E-state index contributed by atoms with van der Waals surface area (Å²) < 4.78 is 0. The molecule has 4 heteroatoms. The number of nitrogens with two attached hydrogens (primary N) is 2. The van der Waals surface area contributed by atoms with Crippen molar-refractivity contribution >= 4 is 5.97 Å². The second kappa shape index (κ2) is 5.63. The van der Waals surface area contributed by atoms with Crippen molar-refractivity contribution in [1.29, 1.82) is 0 Å². The monoisotopic (exact) mass is 222 g/mol. The number of aliphatic carboxylic acids is 1. The minimum Gasteiger partial charge on any atom is -0.480 e. The minimum atomic E-state index is -1.08. The maximum atomic E-state index is 10.7. The molecule has 2 atom stereocenters. The number of rotatable bonds is 5. The zero-order chi connectivity index (χ0) is 12.1. The summed E-state index contributed by atoms with van der Waals surface area (Å²) in [5.41, 5.74) is 13.2. The van der Waals surface area contributed by atoms with Crippen molar-refractivity contribution in [1.82, 2.24) is 0 Å². The van der Waals surface area contributed by atoms with Crippen LogP contribution in [-0.2, 0) is 11.2 Å². The van der Waals surface area contributed by atoms with Crippen LogP contribution in [0.3, 0.4) is 0 Å². The molecule has 0 aliphatic carbocycles. The van der Waals surface area contributed by atoms with Crippen LogP contribution >= 0.6 is 0 Å². The van der Waals surface area contributed by atoms with Gasteiger partial charge in [-0.25, -0.2) is 0 Å². The number of carboxylic acids is 1. The molecule has 1 aromatic carbocycles. The molecule has 0 aliphatic heterocycles. The zero-order valence-electron chi connectivity index (χ0n) is 9.39. The van der Waals surface area contributed by atoms with Crippen LogP contribution in [0.15, 0.2) is 24.3 Å². The smallest absolute Gasteiger partial charge is 0.322 e. The highest BCUT2D eigenvalue weighted by atomic mass is 16.4. The lowest BCUT2D eigenvalue weighted by Crippen LogP contribution is -2.40. The number of carbonyl (C=O) groups is 1. The summed E-state index contributed by atoms with van der Waals surface area (Å²) >= 11 is 0. The molecule has 0 saturated carbocycles. The van der Waals surface area contributed by atoms with E-state index in [1.807, 2.05) is 24.3 Å². The van der Waals surface area contributed by atoms with Gasteiger partial charge in [0.15, 0.2) is 0 Å². The third kappa shape index (κ3) is 3.05. The molecule has 5 N–H and O–H groups in total. The summed E-state index contributed by atoms with van der Waals surface area (Å²) in [5.74, 6) is -1.08. The Morgan fingerprint density at radius 3 is 2.31 bits per heavy atom. The molecule has 0 fully saturated rings. The van der Waals surface area contributed by atoms with Gasteiger partial charge in [0.05, 0.1) is 6.04 Å². The Bertz CT molecular complexity index is 349. The van der Waals surface area contributed by atoms with Crippen LogP contribution in [-0.4, -0.2) is 17.1 Å². The zero-order valence-corrected chi connectivity index (χ0v) is 9.39. The molecule has 0 aliphatic rings. The average molecular weight is 222 g/mol. The first-order valence-corrected chi connectivity index (χ1v) is 5.39. The van der Waals surface area contributed by atoms with Crippen LogP contribution in [0.1, 0.15) is 30.5 Å². The summed E-state index contributed by atoms with van der Waals surface area (Å²) in [6.45, 7) is 2.11. The van der Waals surface area contributed by atoms with Crippen LogP contribution in [0.25, 0.3) is 0 Å². The maximum absolute atomic E-state index is 10.7. The number of hydrogen-bond donors (Lipinski definition) is 3. The van der Waals surface area contributed by atoms with Gasteiger partial charge in [0.25, 0.3) is 0 Å². The average Bonchev–Trinajstić information content (AvgIpc) is 2.28. The highest BCUT2D eigenvalue weighted by molar-refractivity contribution is 5.74. The highest BCUT2D eigenvalue weighted by Crippen LogP contribution is 2.15. The molecule has 0 saturated heterocycles. The van der Waals surface area contributed by atoms with Gasteiger partial charge in [-0.1, -0.05) is 37.6 Å². The van der Waals surface area contributed by atoms with E-state index < -0.39 is 18.1 Å². The summed E-state index contributed by atoms with van der Waals surface area (Å²) in [4.78, 5) is 10.7. The number of carboxylic acid groups (broad SMARTS) is 1. The third-order valence-electron chi connectivity index (χ3n) is 2.58. The van der Waals surface area contributed by atoms with Gasteiger partial charge in [-0.3, -0.25) is 4.79 Å². The maximum Gasteiger partial charge on any atom is 0.322 e. The van der Waals surface area contributed by atoms with E-state index in [1.165, 1.54) is 5.56 Å². The van der Waals surface area contributed by atoms with Crippen molar-refractivity contribution in [3.05, 3.63) is 35.4 Å². The van der Waals surface area contributed by atoms with Gasteiger partial charge in [-0.15, -0.1) is 0 Å². The van der Waals surface area contributed by atoms with E-state index in [-0.39, 0.29) is 0 Å². The van der Waals surface area contributed by atoms with Crippen molar-refractivity contribution in [3.8, 4) is 0 Å². The lowest BCUT2D eigenvalue weighted by molar-refractivity contribution is -0.139. The Balaban J connectivity index is 2.77. The van der Waals surface area contributed by atoms with Gasteiger partial charge < -0.3 is 16.6 Å². The number of hydrogen-bond acceptors (Lipinski definition) is 3. The Morgan fingerprint density at radius 2 is 1.88 bits per heavy atom. The van der Waals surface area contributed by atoms with E-state index in [1.54, 1.807) is 0 Å². The fourth-order valence-electron chi connectivity index (χ4n) is 1.56. The molecular weight excluding hydrogens is 204 g/mol. The van der Waals surface area contributed by atoms with E-state index in [9.17, 15) is 4.79 Å². The second-order valence-corrected chi connectivity index (χ2v) is 3.88. The first-order chi connectivity index (χ1) is 7.56.